The Balaban J connectivity index is 1.06. The number of carbonyl (C=O) groups is 1. The van der Waals surface area contributed by atoms with Crippen molar-refractivity contribution < 1.29 is 23.7 Å². The number of nitrogens with zero attached hydrogens (tertiary/aromatic N) is 2. The van der Waals surface area contributed by atoms with Crippen LogP contribution in [0.15, 0.2) is 97.8 Å². The summed E-state index contributed by atoms with van der Waals surface area (Å²) in [4.78, 5) is 20.0. The van der Waals surface area contributed by atoms with Gasteiger partial charge >= 0.3 is 5.97 Å². The fraction of sp³-hybridized carbons (Fsp3) is 0.194. The lowest BCUT2D eigenvalue weighted by Gasteiger charge is -2.14. The van der Waals surface area contributed by atoms with Gasteiger partial charge in [0.05, 0.1) is 24.6 Å². The second-order valence-corrected chi connectivity index (χ2v) is 8.60. The number of aromatic nitrogens is 2. The largest absolute Gasteiger partial charge is 0.494 e. The van der Waals surface area contributed by atoms with Crippen LogP contribution in [0.3, 0.4) is 0 Å². The average molecular weight is 509 g/mol. The van der Waals surface area contributed by atoms with Gasteiger partial charge in [-0.25, -0.2) is 4.79 Å². The Morgan fingerprint density at radius 3 is 1.84 bits per heavy atom. The summed E-state index contributed by atoms with van der Waals surface area (Å²) in [5.41, 5.74) is 6.07. The van der Waals surface area contributed by atoms with Crippen LogP contribution in [0.25, 0.3) is 22.5 Å². The molecule has 2 heterocycles. The SMILES string of the molecule is C=CC(=O)OCCOc1ccc(-c2ccc(OCCCOC3c4cccnc4-c4ncccc43)cc2)cc1. The standard InChI is InChI=1S/C31H28N2O5/c1-2-28(34)37-21-20-36-25-14-10-23(11-15-25)22-8-12-24(13-9-22)35-18-5-19-38-31-26-6-3-16-32-29(26)30-27(31)7-4-17-33-30/h2-4,6-17,31H,1,5,18-21H2. The van der Waals surface area contributed by atoms with Gasteiger partial charge in [0.15, 0.2) is 0 Å². The molecule has 0 unspecified atom stereocenters. The van der Waals surface area contributed by atoms with Gasteiger partial charge in [-0.15, -0.1) is 0 Å². The van der Waals surface area contributed by atoms with Crippen molar-refractivity contribution in [2.75, 3.05) is 26.4 Å². The molecule has 0 N–H and O–H groups in total. The summed E-state index contributed by atoms with van der Waals surface area (Å²) in [6.07, 6.45) is 5.32. The molecule has 0 saturated heterocycles. The summed E-state index contributed by atoms with van der Waals surface area (Å²) >= 11 is 0. The smallest absolute Gasteiger partial charge is 0.330 e. The van der Waals surface area contributed by atoms with Gasteiger partial charge in [-0.1, -0.05) is 43.0 Å². The first kappa shape index (κ1) is 25.2. The third-order valence-electron chi connectivity index (χ3n) is 6.11. The molecule has 2 aromatic heterocycles. The molecule has 7 nitrogen and oxygen atoms in total. The summed E-state index contributed by atoms with van der Waals surface area (Å²) in [7, 11) is 0. The third kappa shape index (κ3) is 5.90. The summed E-state index contributed by atoms with van der Waals surface area (Å²) in [6.45, 7) is 4.94. The molecule has 1 aliphatic carbocycles. The number of esters is 1. The van der Waals surface area contributed by atoms with Crippen LogP contribution in [-0.4, -0.2) is 42.4 Å². The second-order valence-electron chi connectivity index (χ2n) is 8.60. The van der Waals surface area contributed by atoms with E-state index in [0.717, 1.165) is 51.9 Å². The van der Waals surface area contributed by atoms with Gasteiger partial charge in [-0.3, -0.25) is 9.97 Å². The summed E-state index contributed by atoms with van der Waals surface area (Å²) < 4.78 is 22.7. The zero-order valence-electron chi connectivity index (χ0n) is 20.9. The van der Waals surface area contributed by atoms with E-state index >= 15 is 0 Å². The van der Waals surface area contributed by atoms with Crippen molar-refractivity contribution in [3.8, 4) is 34.0 Å². The van der Waals surface area contributed by atoms with Crippen molar-refractivity contribution in [1.82, 2.24) is 9.97 Å². The Bertz CT molecular complexity index is 1340. The molecule has 0 aliphatic heterocycles. The van der Waals surface area contributed by atoms with Gasteiger partial charge in [0.1, 0.15) is 30.8 Å². The first-order chi connectivity index (χ1) is 18.7. The maximum Gasteiger partial charge on any atom is 0.330 e. The van der Waals surface area contributed by atoms with E-state index in [1.54, 1.807) is 12.4 Å². The van der Waals surface area contributed by atoms with E-state index in [-0.39, 0.29) is 19.3 Å². The van der Waals surface area contributed by atoms with Gasteiger partial charge in [0, 0.05) is 36.0 Å². The average Bonchev–Trinajstić information content (AvgIpc) is 3.29. The minimum atomic E-state index is -0.457. The van der Waals surface area contributed by atoms with Gasteiger partial charge in [-0.2, -0.15) is 0 Å². The molecule has 0 radical (unpaired) electrons. The Morgan fingerprint density at radius 1 is 0.737 bits per heavy atom. The Morgan fingerprint density at radius 2 is 1.29 bits per heavy atom. The molecular formula is C31H28N2O5. The first-order valence-corrected chi connectivity index (χ1v) is 12.5. The zero-order valence-corrected chi connectivity index (χ0v) is 20.9. The normalized spacial score (nSPS) is 11.9. The predicted octanol–water partition coefficient (Wildman–Crippen LogP) is 5.81. The third-order valence-corrected chi connectivity index (χ3v) is 6.11. The lowest BCUT2D eigenvalue weighted by Crippen LogP contribution is -2.10. The number of hydrogen-bond acceptors (Lipinski definition) is 7. The number of hydrogen-bond donors (Lipinski definition) is 0. The molecule has 2 aromatic carbocycles. The molecule has 0 amide bonds. The Labute approximate surface area is 221 Å². The van der Waals surface area contributed by atoms with Crippen LogP contribution in [0, 0.1) is 0 Å². The molecule has 38 heavy (non-hydrogen) atoms. The molecule has 7 heteroatoms. The first-order valence-electron chi connectivity index (χ1n) is 12.5. The zero-order chi connectivity index (χ0) is 26.2. The molecule has 0 spiro atoms. The van der Waals surface area contributed by atoms with Crippen molar-refractivity contribution in [2.24, 2.45) is 0 Å². The van der Waals surface area contributed by atoms with Gasteiger partial charge < -0.3 is 18.9 Å². The van der Waals surface area contributed by atoms with E-state index in [4.69, 9.17) is 18.9 Å². The van der Waals surface area contributed by atoms with Crippen molar-refractivity contribution in [2.45, 2.75) is 12.5 Å². The predicted molar refractivity (Wildman–Crippen MR) is 144 cm³/mol. The highest BCUT2D eigenvalue weighted by Gasteiger charge is 2.31. The topological polar surface area (TPSA) is 79.8 Å². The van der Waals surface area contributed by atoms with Gasteiger partial charge in [0.2, 0.25) is 0 Å². The van der Waals surface area contributed by atoms with E-state index in [2.05, 4.69) is 28.7 Å². The summed E-state index contributed by atoms with van der Waals surface area (Å²) in [6, 6.07) is 23.7. The molecule has 1 aliphatic rings. The van der Waals surface area contributed by atoms with Crippen molar-refractivity contribution >= 4 is 5.97 Å². The lowest BCUT2D eigenvalue weighted by atomic mass is 10.1. The summed E-state index contributed by atoms with van der Waals surface area (Å²) in [5.74, 6) is 1.07. The van der Waals surface area contributed by atoms with Crippen LogP contribution in [0.1, 0.15) is 23.7 Å². The number of fused-ring (bicyclic) bond motifs is 3. The van der Waals surface area contributed by atoms with Crippen LogP contribution < -0.4 is 9.47 Å². The van der Waals surface area contributed by atoms with Crippen molar-refractivity contribution in [1.29, 1.82) is 0 Å². The van der Waals surface area contributed by atoms with Crippen molar-refractivity contribution in [3.63, 3.8) is 0 Å². The molecule has 0 bridgehead atoms. The number of benzene rings is 2. The molecule has 5 rings (SSSR count). The fourth-order valence-electron chi connectivity index (χ4n) is 4.30. The van der Waals surface area contributed by atoms with E-state index in [1.807, 2.05) is 60.7 Å². The molecule has 0 saturated carbocycles. The van der Waals surface area contributed by atoms with Crippen LogP contribution in [0.4, 0.5) is 0 Å². The van der Waals surface area contributed by atoms with E-state index in [0.29, 0.717) is 19.0 Å². The number of carbonyl (C=O) groups excluding carboxylic acids is 1. The van der Waals surface area contributed by atoms with E-state index in [1.165, 1.54) is 0 Å². The fourth-order valence-corrected chi connectivity index (χ4v) is 4.30. The lowest BCUT2D eigenvalue weighted by molar-refractivity contribution is -0.138. The number of rotatable bonds is 12. The highest BCUT2D eigenvalue weighted by atomic mass is 16.6. The minimum absolute atomic E-state index is 0.145. The molecule has 0 atom stereocenters. The van der Waals surface area contributed by atoms with Crippen LogP contribution in [0.5, 0.6) is 11.5 Å². The van der Waals surface area contributed by atoms with Gasteiger partial charge in [-0.05, 0) is 47.5 Å². The molecular weight excluding hydrogens is 480 g/mol. The van der Waals surface area contributed by atoms with Crippen LogP contribution in [-0.2, 0) is 14.3 Å². The van der Waals surface area contributed by atoms with Crippen molar-refractivity contribution in [3.05, 3.63) is 109 Å². The van der Waals surface area contributed by atoms with Crippen LogP contribution in [0.2, 0.25) is 0 Å². The number of pyridine rings is 2. The molecule has 4 aromatic rings. The quantitative estimate of drug-likeness (QED) is 0.136. The highest BCUT2D eigenvalue weighted by Crippen LogP contribution is 2.42. The Hall–Kier alpha value is -4.49. The molecule has 192 valence electrons. The maximum absolute atomic E-state index is 11.0. The van der Waals surface area contributed by atoms with Crippen LogP contribution >= 0.6 is 0 Å². The maximum atomic E-state index is 11.0. The van der Waals surface area contributed by atoms with Gasteiger partial charge in [0.25, 0.3) is 0 Å². The molecule has 0 fully saturated rings. The minimum Gasteiger partial charge on any atom is -0.494 e. The van der Waals surface area contributed by atoms with E-state index in [9.17, 15) is 4.79 Å². The van der Waals surface area contributed by atoms with E-state index < -0.39 is 5.97 Å². The highest BCUT2D eigenvalue weighted by molar-refractivity contribution is 5.81. The second kappa shape index (κ2) is 12.2. The summed E-state index contributed by atoms with van der Waals surface area (Å²) in [5, 5.41) is 0. The Kier molecular flexibility index (Phi) is 8.06. The monoisotopic (exact) mass is 508 g/mol. The number of ether oxygens (including phenoxy) is 4.